The molecule has 3 N–H and O–H groups in total. The molecule has 2 atom stereocenters. The molecule has 0 heterocycles. The zero-order valence-corrected chi connectivity index (χ0v) is 12.0. The summed E-state index contributed by atoms with van der Waals surface area (Å²) < 4.78 is 22.0. The smallest absolute Gasteiger partial charge is 0.237 e. The molecule has 19 heavy (non-hydrogen) atoms. The van der Waals surface area contributed by atoms with Crippen molar-refractivity contribution >= 4 is 15.7 Å². The maximum Gasteiger partial charge on any atom is 0.237 e. The second-order valence-electron chi connectivity index (χ2n) is 4.67. The molecule has 6 heteroatoms. The van der Waals surface area contributed by atoms with Crippen LogP contribution in [0.5, 0.6) is 0 Å². The Morgan fingerprint density at radius 2 is 1.89 bits per heavy atom. The molecule has 0 aromatic heterocycles. The van der Waals surface area contributed by atoms with Crippen molar-refractivity contribution in [2.45, 2.75) is 25.4 Å². The predicted molar refractivity (Wildman–Crippen MR) is 75.3 cm³/mol. The van der Waals surface area contributed by atoms with Crippen LogP contribution in [0.25, 0.3) is 0 Å². The van der Waals surface area contributed by atoms with Crippen LogP contribution < -0.4 is 11.1 Å². The van der Waals surface area contributed by atoms with E-state index in [0.29, 0.717) is 0 Å². The lowest BCUT2D eigenvalue weighted by Gasteiger charge is -2.17. The lowest BCUT2D eigenvalue weighted by atomic mass is 10.1. The van der Waals surface area contributed by atoms with Crippen LogP contribution in [0.4, 0.5) is 0 Å². The third-order valence-electron chi connectivity index (χ3n) is 2.79. The molecule has 0 aliphatic rings. The number of amides is 1. The van der Waals surface area contributed by atoms with E-state index < -0.39 is 15.9 Å². The molecular weight excluding hydrogens is 264 g/mol. The van der Waals surface area contributed by atoms with Gasteiger partial charge in [-0.2, -0.15) is 0 Å². The molecule has 0 radical (unpaired) electrons. The highest BCUT2D eigenvalue weighted by Crippen LogP contribution is 2.11. The van der Waals surface area contributed by atoms with Crippen LogP contribution in [-0.4, -0.2) is 32.4 Å². The molecule has 0 saturated heterocycles. The van der Waals surface area contributed by atoms with E-state index in [2.05, 4.69) is 5.32 Å². The van der Waals surface area contributed by atoms with Gasteiger partial charge in [-0.25, -0.2) is 8.42 Å². The Labute approximate surface area is 114 Å². The fraction of sp³-hybridized carbons (Fsp3) is 0.462. The molecule has 2 unspecified atom stereocenters. The van der Waals surface area contributed by atoms with Gasteiger partial charge in [-0.1, -0.05) is 30.3 Å². The van der Waals surface area contributed by atoms with Gasteiger partial charge in [0.1, 0.15) is 9.84 Å². The molecule has 0 spiro atoms. The Kier molecular flexibility index (Phi) is 5.50. The standard InChI is InChI=1S/C13H20N2O3S/c1-10(11-6-4-3-5-7-11)15-13(16)12(14)8-9-19(2,17)18/h3-7,10,12H,8-9,14H2,1-2H3,(H,15,16). The summed E-state index contributed by atoms with van der Waals surface area (Å²) in [6.07, 6.45) is 1.26. The fourth-order valence-electron chi connectivity index (χ4n) is 1.62. The summed E-state index contributed by atoms with van der Waals surface area (Å²) in [5.74, 6) is -0.415. The Morgan fingerprint density at radius 1 is 1.32 bits per heavy atom. The zero-order chi connectivity index (χ0) is 14.5. The number of benzene rings is 1. The van der Waals surface area contributed by atoms with E-state index in [1.165, 1.54) is 0 Å². The van der Waals surface area contributed by atoms with Crippen molar-refractivity contribution in [3.05, 3.63) is 35.9 Å². The average molecular weight is 284 g/mol. The van der Waals surface area contributed by atoms with E-state index in [1.54, 1.807) is 0 Å². The molecule has 0 aliphatic heterocycles. The van der Waals surface area contributed by atoms with Gasteiger partial charge in [0, 0.05) is 6.26 Å². The lowest BCUT2D eigenvalue weighted by molar-refractivity contribution is -0.123. The van der Waals surface area contributed by atoms with Gasteiger partial charge in [0.25, 0.3) is 0 Å². The third-order valence-corrected chi connectivity index (χ3v) is 3.77. The Morgan fingerprint density at radius 3 is 2.42 bits per heavy atom. The van der Waals surface area contributed by atoms with Crippen LogP contribution in [-0.2, 0) is 14.6 Å². The van der Waals surface area contributed by atoms with Crippen molar-refractivity contribution in [2.24, 2.45) is 5.73 Å². The van der Waals surface area contributed by atoms with Gasteiger partial charge in [-0.3, -0.25) is 4.79 Å². The molecule has 0 fully saturated rings. The van der Waals surface area contributed by atoms with Gasteiger partial charge >= 0.3 is 0 Å². The third kappa shape index (κ3) is 5.85. The number of hydrogen-bond donors (Lipinski definition) is 2. The van der Waals surface area contributed by atoms with Crippen LogP contribution in [0.3, 0.4) is 0 Å². The van der Waals surface area contributed by atoms with Crippen LogP contribution in [0.15, 0.2) is 30.3 Å². The highest BCUT2D eigenvalue weighted by atomic mass is 32.2. The number of nitrogens with one attached hydrogen (secondary N) is 1. The minimum absolute atomic E-state index is 0.0820. The first-order valence-electron chi connectivity index (χ1n) is 6.08. The molecule has 1 amide bonds. The number of nitrogens with two attached hydrogens (primary N) is 1. The van der Waals surface area contributed by atoms with E-state index in [-0.39, 0.29) is 24.1 Å². The van der Waals surface area contributed by atoms with E-state index in [4.69, 9.17) is 5.73 Å². The first-order chi connectivity index (χ1) is 8.79. The first kappa shape index (κ1) is 15.7. The maximum atomic E-state index is 11.8. The topological polar surface area (TPSA) is 89.3 Å². The molecule has 5 nitrogen and oxygen atoms in total. The molecule has 106 valence electrons. The molecule has 1 aromatic carbocycles. The highest BCUT2D eigenvalue weighted by molar-refractivity contribution is 7.90. The summed E-state index contributed by atoms with van der Waals surface area (Å²) in [7, 11) is -3.09. The summed E-state index contributed by atoms with van der Waals surface area (Å²) in [4.78, 5) is 11.8. The van der Waals surface area contributed by atoms with Gasteiger partial charge in [-0.05, 0) is 18.9 Å². The summed E-state index contributed by atoms with van der Waals surface area (Å²) in [6.45, 7) is 1.86. The predicted octanol–water partition coefficient (Wildman–Crippen LogP) is 0.626. The van der Waals surface area contributed by atoms with E-state index >= 15 is 0 Å². The maximum absolute atomic E-state index is 11.8. The number of rotatable bonds is 6. The van der Waals surface area contributed by atoms with Crippen molar-refractivity contribution in [3.63, 3.8) is 0 Å². The monoisotopic (exact) mass is 284 g/mol. The minimum atomic E-state index is -3.09. The Bertz CT molecular complexity index is 514. The van der Waals surface area contributed by atoms with Crippen molar-refractivity contribution in [2.75, 3.05) is 12.0 Å². The van der Waals surface area contributed by atoms with Crippen LogP contribution in [0, 0.1) is 0 Å². The van der Waals surface area contributed by atoms with Gasteiger partial charge in [0.05, 0.1) is 17.8 Å². The minimum Gasteiger partial charge on any atom is -0.348 e. The Hall–Kier alpha value is -1.40. The highest BCUT2D eigenvalue weighted by Gasteiger charge is 2.18. The zero-order valence-electron chi connectivity index (χ0n) is 11.2. The average Bonchev–Trinajstić information content (AvgIpc) is 2.36. The molecule has 0 aliphatic carbocycles. The van der Waals surface area contributed by atoms with Gasteiger partial charge < -0.3 is 11.1 Å². The molecule has 1 rings (SSSR count). The fourth-order valence-corrected chi connectivity index (χ4v) is 2.30. The summed E-state index contributed by atoms with van der Waals surface area (Å²) >= 11 is 0. The van der Waals surface area contributed by atoms with E-state index in [0.717, 1.165) is 11.8 Å². The van der Waals surface area contributed by atoms with Crippen LogP contribution >= 0.6 is 0 Å². The number of sulfone groups is 1. The van der Waals surface area contributed by atoms with Crippen molar-refractivity contribution in [1.82, 2.24) is 5.32 Å². The van der Waals surface area contributed by atoms with Gasteiger partial charge in [0.2, 0.25) is 5.91 Å². The van der Waals surface area contributed by atoms with Crippen LogP contribution in [0.2, 0.25) is 0 Å². The van der Waals surface area contributed by atoms with Crippen molar-refractivity contribution in [1.29, 1.82) is 0 Å². The largest absolute Gasteiger partial charge is 0.348 e. The molecule has 0 saturated carbocycles. The van der Waals surface area contributed by atoms with E-state index in [1.807, 2.05) is 37.3 Å². The normalized spacial score (nSPS) is 14.7. The Balaban J connectivity index is 2.50. The summed E-state index contributed by atoms with van der Waals surface area (Å²) in [6, 6.07) is 8.54. The van der Waals surface area contributed by atoms with Gasteiger partial charge in [-0.15, -0.1) is 0 Å². The van der Waals surface area contributed by atoms with E-state index in [9.17, 15) is 13.2 Å². The van der Waals surface area contributed by atoms with Crippen molar-refractivity contribution < 1.29 is 13.2 Å². The number of carbonyl (C=O) groups excluding carboxylic acids is 1. The number of hydrogen-bond acceptors (Lipinski definition) is 4. The quantitative estimate of drug-likeness (QED) is 0.801. The summed E-state index contributed by atoms with van der Waals surface area (Å²) in [5, 5.41) is 2.77. The van der Waals surface area contributed by atoms with Crippen LogP contribution in [0.1, 0.15) is 24.9 Å². The molecule has 0 bridgehead atoms. The molecule has 1 aromatic rings. The summed E-state index contributed by atoms with van der Waals surface area (Å²) in [5.41, 5.74) is 6.65. The second kappa shape index (κ2) is 6.68. The van der Waals surface area contributed by atoms with Crippen molar-refractivity contribution in [3.8, 4) is 0 Å². The second-order valence-corrected chi connectivity index (χ2v) is 6.93. The lowest BCUT2D eigenvalue weighted by Crippen LogP contribution is -2.42. The first-order valence-corrected chi connectivity index (χ1v) is 8.14. The van der Waals surface area contributed by atoms with Gasteiger partial charge in [0.15, 0.2) is 0 Å². The number of carbonyl (C=O) groups is 1. The SMILES string of the molecule is CC(NC(=O)C(N)CCS(C)(=O)=O)c1ccccc1. The molecular formula is C13H20N2O3S.